The van der Waals surface area contributed by atoms with Gasteiger partial charge in [-0.1, -0.05) is 31.2 Å². The fourth-order valence-corrected chi connectivity index (χ4v) is 4.52. The van der Waals surface area contributed by atoms with Gasteiger partial charge in [-0.3, -0.25) is 4.90 Å². The van der Waals surface area contributed by atoms with Crippen LogP contribution in [0.3, 0.4) is 0 Å². The van der Waals surface area contributed by atoms with E-state index in [0.29, 0.717) is 6.54 Å². The van der Waals surface area contributed by atoms with Crippen LogP contribution in [-0.2, 0) is 19.5 Å². The average molecular weight is 414 g/mol. The molecule has 0 aliphatic carbocycles. The normalized spacial score (nSPS) is 18.0. The molecule has 0 radical (unpaired) electrons. The third-order valence-electron chi connectivity index (χ3n) is 5.35. The Morgan fingerprint density at radius 3 is 2.83 bits per heavy atom. The van der Waals surface area contributed by atoms with Gasteiger partial charge < -0.3 is 10.6 Å². The minimum absolute atomic E-state index is 0.699. The Morgan fingerprint density at radius 2 is 2.10 bits per heavy atom. The number of hydrogen-bond donors (Lipinski definition) is 2. The van der Waals surface area contributed by atoms with Gasteiger partial charge in [-0.15, -0.1) is 11.3 Å². The van der Waals surface area contributed by atoms with Crippen molar-refractivity contribution in [3.8, 4) is 0 Å². The molecule has 0 bridgehead atoms. The molecule has 1 aliphatic heterocycles. The average Bonchev–Trinajstić information content (AvgIpc) is 3.12. The molecule has 1 aromatic heterocycles. The summed E-state index contributed by atoms with van der Waals surface area (Å²) < 4.78 is 0. The topological polar surface area (TPSA) is 52.6 Å². The van der Waals surface area contributed by atoms with Crippen molar-refractivity contribution < 1.29 is 0 Å². The summed E-state index contributed by atoms with van der Waals surface area (Å²) in [4.78, 5) is 12.0. The number of aryl methyl sites for hydroxylation is 1. The van der Waals surface area contributed by atoms with E-state index in [1.165, 1.54) is 37.1 Å². The van der Waals surface area contributed by atoms with Crippen LogP contribution in [-0.4, -0.2) is 42.0 Å². The van der Waals surface area contributed by atoms with E-state index in [0.717, 1.165) is 48.6 Å². The number of benzene rings is 1. The Labute approximate surface area is 179 Å². The Morgan fingerprint density at radius 1 is 1.28 bits per heavy atom. The molecule has 0 saturated carbocycles. The van der Waals surface area contributed by atoms with Crippen LogP contribution < -0.4 is 10.6 Å². The van der Waals surface area contributed by atoms with Crippen LogP contribution in [0.25, 0.3) is 0 Å². The molecule has 2 N–H and O–H groups in total. The van der Waals surface area contributed by atoms with Crippen LogP contribution >= 0.6 is 11.3 Å². The van der Waals surface area contributed by atoms with E-state index in [9.17, 15) is 0 Å². The first-order valence-electron chi connectivity index (χ1n) is 10.9. The summed E-state index contributed by atoms with van der Waals surface area (Å²) in [6, 6.07) is 8.75. The summed E-state index contributed by atoms with van der Waals surface area (Å²) in [5.74, 6) is 1.68. The Bertz CT molecular complexity index is 785. The summed E-state index contributed by atoms with van der Waals surface area (Å²) in [6.45, 7) is 12.4. The quantitative estimate of drug-likeness (QED) is 0.508. The maximum absolute atomic E-state index is 4.85. The predicted molar refractivity (Wildman–Crippen MR) is 123 cm³/mol. The van der Waals surface area contributed by atoms with Gasteiger partial charge >= 0.3 is 0 Å². The lowest BCUT2D eigenvalue weighted by molar-refractivity contribution is 0.176. The maximum atomic E-state index is 4.85. The van der Waals surface area contributed by atoms with Gasteiger partial charge in [0.05, 0.1) is 17.2 Å². The van der Waals surface area contributed by atoms with Crippen LogP contribution in [0.15, 0.2) is 34.6 Å². The molecule has 6 heteroatoms. The Kier molecular flexibility index (Phi) is 8.50. The van der Waals surface area contributed by atoms with Crippen molar-refractivity contribution in [3.05, 3.63) is 51.5 Å². The number of likely N-dealkylation sites (tertiary alicyclic amines) is 1. The van der Waals surface area contributed by atoms with Gasteiger partial charge in [0.25, 0.3) is 0 Å². The number of nitrogens with zero attached hydrogens (tertiary/aromatic N) is 3. The molecule has 1 aliphatic rings. The van der Waals surface area contributed by atoms with E-state index in [2.05, 4.69) is 70.9 Å². The summed E-state index contributed by atoms with van der Waals surface area (Å²) in [5.41, 5.74) is 3.87. The molecule has 2 heterocycles. The monoisotopic (exact) mass is 413 g/mol. The molecule has 1 aromatic carbocycles. The van der Waals surface area contributed by atoms with Crippen LogP contribution in [0.1, 0.15) is 48.5 Å². The Balaban J connectivity index is 1.58. The van der Waals surface area contributed by atoms with E-state index in [1.54, 1.807) is 11.3 Å². The molecule has 0 spiro atoms. The lowest BCUT2D eigenvalue weighted by Gasteiger charge is -2.31. The molecular formula is C23H35N5S. The highest BCUT2D eigenvalue weighted by Gasteiger charge is 2.17. The summed E-state index contributed by atoms with van der Waals surface area (Å²) in [5, 5.41) is 10.1. The van der Waals surface area contributed by atoms with Crippen molar-refractivity contribution in [1.29, 1.82) is 0 Å². The fraction of sp³-hybridized carbons (Fsp3) is 0.565. The van der Waals surface area contributed by atoms with E-state index >= 15 is 0 Å². The highest BCUT2D eigenvalue weighted by Crippen LogP contribution is 2.20. The third-order valence-corrected chi connectivity index (χ3v) is 6.17. The highest BCUT2D eigenvalue weighted by molar-refractivity contribution is 7.09. The summed E-state index contributed by atoms with van der Waals surface area (Å²) in [6.07, 6.45) is 3.59. The van der Waals surface area contributed by atoms with Gasteiger partial charge in [-0.05, 0) is 50.3 Å². The summed E-state index contributed by atoms with van der Waals surface area (Å²) >= 11 is 1.71. The number of guanidine groups is 1. The molecule has 0 amide bonds. The van der Waals surface area contributed by atoms with Gasteiger partial charge in [0, 0.05) is 38.0 Å². The fourth-order valence-electron chi connectivity index (χ4n) is 3.88. The smallest absolute Gasteiger partial charge is 0.191 e. The number of piperidine rings is 1. The Hall–Kier alpha value is -1.92. The minimum Gasteiger partial charge on any atom is -0.357 e. The van der Waals surface area contributed by atoms with Crippen molar-refractivity contribution in [2.75, 3.05) is 26.2 Å². The number of thiazole rings is 1. The van der Waals surface area contributed by atoms with Crippen LogP contribution in [0, 0.1) is 12.8 Å². The van der Waals surface area contributed by atoms with E-state index < -0.39 is 0 Å². The second kappa shape index (κ2) is 11.3. The molecule has 1 atom stereocenters. The zero-order valence-electron chi connectivity index (χ0n) is 18.1. The standard InChI is InChI=1S/C23H35N5S/c1-4-24-23(25-12-11-22-17-29-19(3)27-22)26-14-20-9-5-6-10-21(20)16-28-13-7-8-18(2)15-28/h5-6,9-10,17-18H,4,7-8,11-16H2,1-3H3,(H2,24,25,26). The zero-order chi connectivity index (χ0) is 20.5. The first kappa shape index (κ1) is 21.8. The highest BCUT2D eigenvalue weighted by atomic mass is 32.1. The van der Waals surface area contributed by atoms with Crippen molar-refractivity contribution in [2.45, 2.75) is 53.1 Å². The molecule has 29 heavy (non-hydrogen) atoms. The molecule has 1 unspecified atom stereocenters. The molecule has 1 fully saturated rings. The lowest BCUT2D eigenvalue weighted by Crippen LogP contribution is -2.38. The van der Waals surface area contributed by atoms with Crippen LogP contribution in [0.5, 0.6) is 0 Å². The minimum atomic E-state index is 0.699. The zero-order valence-corrected chi connectivity index (χ0v) is 18.9. The van der Waals surface area contributed by atoms with E-state index in [1.807, 2.05) is 0 Å². The molecule has 1 saturated heterocycles. The number of aromatic nitrogens is 1. The van der Waals surface area contributed by atoms with Crippen molar-refractivity contribution in [1.82, 2.24) is 20.5 Å². The molecule has 158 valence electrons. The van der Waals surface area contributed by atoms with E-state index in [4.69, 9.17) is 4.99 Å². The predicted octanol–water partition coefficient (Wildman–Crippen LogP) is 3.98. The first-order valence-corrected chi connectivity index (χ1v) is 11.7. The molecule has 3 rings (SSSR count). The van der Waals surface area contributed by atoms with Gasteiger partial charge in [0.1, 0.15) is 0 Å². The van der Waals surface area contributed by atoms with Crippen LogP contribution in [0.4, 0.5) is 0 Å². The second-order valence-electron chi connectivity index (χ2n) is 7.98. The number of hydrogen-bond acceptors (Lipinski definition) is 4. The number of nitrogens with one attached hydrogen (secondary N) is 2. The first-order chi connectivity index (χ1) is 14.1. The molecular weight excluding hydrogens is 378 g/mol. The van der Waals surface area contributed by atoms with Gasteiger partial charge in [0.15, 0.2) is 5.96 Å². The van der Waals surface area contributed by atoms with Crippen molar-refractivity contribution in [2.24, 2.45) is 10.9 Å². The lowest BCUT2D eigenvalue weighted by atomic mass is 9.99. The van der Waals surface area contributed by atoms with Gasteiger partial charge in [-0.25, -0.2) is 9.98 Å². The van der Waals surface area contributed by atoms with Crippen molar-refractivity contribution in [3.63, 3.8) is 0 Å². The summed E-state index contributed by atoms with van der Waals surface area (Å²) in [7, 11) is 0. The van der Waals surface area contributed by atoms with E-state index in [-0.39, 0.29) is 0 Å². The van der Waals surface area contributed by atoms with Gasteiger partial charge in [-0.2, -0.15) is 0 Å². The second-order valence-corrected chi connectivity index (χ2v) is 9.04. The van der Waals surface area contributed by atoms with Crippen LogP contribution in [0.2, 0.25) is 0 Å². The largest absolute Gasteiger partial charge is 0.357 e. The maximum Gasteiger partial charge on any atom is 0.191 e. The van der Waals surface area contributed by atoms with Crippen molar-refractivity contribution >= 4 is 17.3 Å². The van der Waals surface area contributed by atoms with Gasteiger partial charge in [0.2, 0.25) is 0 Å². The third kappa shape index (κ3) is 7.12. The number of rotatable bonds is 8. The SMILES string of the molecule is CCNC(=NCc1ccccc1CN1CCCC(C)C1)NCCc1csc(C)n1. The molecule has 2 aromatic rings. The molecule has 5 nitrogen and oxygen atoms in total. The number of aliphatic imine (C=N–C) groups is 1.